The summed E-state index contributed by atoms with van der Waals surface area (Å²) in [7, 11) is 0. The summed E-state index contributed by atoms with van der Waals surface area (Å²) in [6.07, 6.45) is 3.03. The molecule has 0 spiro atoms. The van der Waals surface area contributed by atoms with Crippen molar-refractivity contribution in [2.75, 3.05) is 6.54 Å². The summed E-state index contributed by atoms with van der Waals surface area (Å²) in [5.41, 5.74) is 0.0804. The van der Waals surface area contributed by atoms with E-state index in [0.29, 0.717) is 11.4 Å². The van der Waals surface area contributed by atoms with Gasteiger partial charge in [0, 0.05) is 0 Å². The average Bonchev–Trinajstić information content (AvgIpc) is 2.49. The van der Waals surface area contributed by atoms with Crippen molar-refractivity contribution in [3.63, 3.8) is 0 Å². The molecule has 1 aliphatic heterocycles. The number of aromatic amines is 1. The highest BCUT2D eigenvalue weighted by Gasteiger charge is 2.20. The first-order chi connectivity index (χ1) is 10.1. The van der Waals surface area contributed by atoms with Gasteiger partial charge in [-0.1, -0.05) is 18.6 Å². The number of hydrogen-bond donors (Lipinski definition) is 3. The van der Waals surface area contributed by atoms with Crippen LogP contribution >= 0.6 is 0 Å². The smallest absolute Gasteiger partial charge is 0.262 e. The molecule has 1 saturated heterocycles. The molecule has 3 N–H and O–H groups in total. The van der Waals surface area contributed by atoms with Crippen molar-refractivity contribution in [3.8, 4) is 17.0 Å². The monoisotopic (exact) mass is 289 g/mol. The molecule has 0 aliphatic carbocycles. The minimum atomic E-state index is -0.420. The van der Waals surface area contributed by atoms with Crippen LogP contribution in [0.1, 0.15) is 31.1 Å². The topological polar surface area (TPSA) is 78.0 Å². The summed E-state index contributed by atoms with van der Waals surface area (Å²) in [6, 6.07) is 5.33. The van der Waals surface area contributed by atoms with Crippen LogP contribution in [0.15, 0.2) is 29.1 Å². The molecule has 0 bridgehead atoms. The molecule has 0 amide bonds. The molecular weight excluding hydrogens is 273 g/mol. The van der Waals surface area contributed by atoms with E-state index in [9.17, 15) is 14.3 Å². The van der Waals surface area contributed by atoms with Gasteiger partial charge in [0.2, 0.25) is 5.88 Å². The van der Waals surface area contributed by atoms with E-state index in [1.54, 1.807) is 0 Å². The summed E-state index contributed by atoms with van der Waals surface area (Å²) in [5.74, 6) is -0.276. The molecule has 0 radical (unpaired) electrons. The van der Waals surface area contributed by atoms with E-state index < -0.39 is 11.4 Å². The van der Waals surface area contributed by atoms with Crippen molar-refractivity contribution < 1.29 is 9.50 Å². The zero-order valence-corrected chi connectivity index (χ0v) is 11.4. The molecule has 21 heavy (non-hydrogen) atoms. The van der Waals surface area contributed by atoms with Crippen LogP contribution in [0.2, 0.25) is 0 Å². The van der Waals surface area contributed by atoms with Crippen molar-refractivity contribution in [2.45, 2.75) is 25.3 Å². The van der Waals surface area contributed by atoms with E-state index in [0.717, 1.165) is 25.8 Å². The molecule has 1 aliphatic rings. The predicted molar refractivity (Wildman–Crippen MR) is 76.5 cm³/mol. The number of H-pyrrole nitrogens is 1. The lowest BCUT2D eigenvalue weighted by atomic mass is 10.0. The fourth-order valence-electron chi connectivity index (χ4n) is 2.61. The van der Waals surface area contributed by atoms with Crippen LogP contribution in [0.5, 0.6) is 5.88 Å². The Morgan fingerprint density at radius 1 is 1.24 bits per heavy atom. The number of aromatic nitrogens is 2. The van der Waals surface area contributed by atoms with Crippen molar-refractivity contribution >= 4 is 0 Å². The Morgan fingerprint density at radius 3 is 2.62 bits per heavy atom. The van der Waals surface area contributed by atoms with E-state index in [-0.39, 0.29) is 17.5 Å². The fourth-order valence-corrected chi connectivity index (χ4v) is 2.61. The largest absolute Gasteiger partial charge is 0.493 e. The van der Waals surface area contributed by atoms with Crippen molar-refractivity contribution in [1.82, 2.24) is 15.3 Å². The van der Waals surface area contributed by atoms with Crippen LogP contribution in [-0.4, -0.2) is 21.6 Å². The first kappa shape index (κ1) is 13.8. The standard InChI is InChI=1S/C15H16FN3O2/c16-10-6-4-9(5-7-10)12-14(20)18-13(19-15(12)21)11-3-1-2-8-17-11/h4-7,11,17H,1-3,8H2,(H2,18,19,20,21). The Kier molecular flexibility index (Phi) is 3.70. The Balaban J connectivity index is 2.00. The average molecular weight is 289 g/mol. The number of hydrogen-bond acceptors (Lipinski definition) is 4. The molecule has 110 valence electrons. The van der Waals surface area contributed by atoms with Gasteiger partial charge in [0.25, 0.3) is 5.56 Å². The maximum absolute atomic E-state index is 12.9. The normalized spacial score (nSPS) is 18.6. The number of halogens is 1. The van der Waals surface area contributed by atoms with E-state index in [4.69, 9.17) is 0 Å². The van der Waals surface area contributed by atoms with Gasteiger partial charge in [-0.2, -0.15) is 4.98 Å². The van der Waals surface area contributed by atoms with Crippen molar-refractivity contribution in [3.05, 3.63) is 46.3 Å². The number of benzene rings is 1. The van der Waals surface area contributed by atoms with Gasteiger partial charge in [0.05, 0.1) is 6.04 Å². The summed E-state index contributed by atoms with van der Waals surface area (Å²) in [6.45, 7) is 0.870. The second-order valence-corrected chi connectivity index (χ2v) is 5.16. The Bertz CT molecular complexity index is 691. The third kappa shape index (κ3) is 2.80. The Labute approximate surface area is 120 Å². The summed E-state index contributed by atoms with van der Waals surface area (Å²) < 4.78 is 12.9. The minimum absolute atomic E-state index is 0.0420. The number of rotatable bonds is 2. The highest BCUT2D eigenvalue weighted by Crippen LogP contribution is 2.26. The second kappa shape index (κ2) is 5.65. The first-order valence-electron chi connectivity index (χ1n) is 6.97. The van der Waals surface area contributed by atoms with Gasteiger partial charge >= 0.3 is 0 Å². The second-order valence-electron chi connectivity index (χ2n) is 5.16. The third-order valence-electron chi connectivity index (χ3n) is 3.69. The summed E-state index contributed by atoms with van der Waals surface area (Å²) >= 11 is 0. The molecule has 2 heterocycles. The Morgan fingerprint density at radius 2 is 2.00 bits per heavy atom. The summed E-state index contributed by atoms with van der Waals surface area (Å²) in [5, 5.41) is 13.3. The summed E-state index contributed by atoms with van der Waals surface area (Å²) in [4.78, 5) is 19.0. The molecule has 2 aromatic rings. The van der Waals surface area contributed by atoms with Gasteiger partial charge in [0.15, 0.2) is 0 Å². The highest BCUT2D eigenvalue weighted by atomic mass is 19.1. The van der Waals surface area contributed by atoms with Gasteiger partial charge in [-0.25, -0.2) is 4.39 Å². The number of aromatic hydroxyl groups is 1. The first-order valence-corrected chi connectivity index (χ1v) is 6.97. The van der Waals surface area contributed by atoms with E-state index in [1.807, 2.05) is 0 Å². The zero-order chi connectivity index (χ0) is 14.8. The van der Waals surface area contributed by atoms with Crippen LogP contribution < -0.4 is 10.9 Å². The van der Waals surface area contributed by atoms with Crippen LogP contribution in [0.3, 0.4) is 0 Å². The fraction of sp³-hybridized carbons (Fsp3) is 0.333. The zero-order valence-electron chi connectivity index (χ0n) is 11.4. The van der Waals surface area contributed by atoms with Crippen LogP contribution in [-0.2, 0) is 0 Å². The van der Waals surface area contributed by atoms with Crippen LogP contribution in [0.4, 0.5) is 4.39 Å². The number of piperidine rings is 1. The third-order valence-corrected chi connectivity index (χ3v) is 3.69. The SMILES string of the molecule is O=c1[nH]c(C2CCCCN2)nc(O)c1-c1ccc(F)cc1. The van der Waals surface area contributed by atoms with Gasteiger partial charge in [-0.05, 0) is 37.1 Å². The lowest BCUT2D eigenvalue weighted by Crippen LogP contribution is -2.30. The number of nitrogens with zero attached hydrogens (tertiary/aromatic N) is 1. The molecule has 1 unspecified atom stereocenters. The molecular formula is C15H16FN3O2. The molecule has 1 aromatic heterocycles. The van der Waals surface area contributed by atoms with Gasteiger partial charge < -0.3 is 15.4 Å². The van der Waals surface area contributed by atoms with Gasteiger partial charge in [-0.3, -0.25) is 4.79 Å². The van der Waals surface area contributed by atoms with Gasteiger partial charge in [-0.15, -0.1) is 0 Å². The van der Waals surface area contributed by atoms with Crippen LogP contribution in [0.25, 0.3) is 11.1 Å². The van der Waals surface area contributed by atoms with Crippen molar-refractivity contribution in [2.24, 2.45) is 0 Å². The van der Waals surface area contributed by atoms with E-state index in [2.05, 4.69) is 15.3 Å². The van der Waals surface area contributed by atoms with E-state index >= 15 is 0 Å². The predicted octanol–water partition coefficient (Wildman–Crippen LogP) is 2.10. The Hall–Kier alpha value is -2.21. The molecule has 1 atom stereocenters. The highest BCUT2D eigenvalue weighted by molar-refractivity contribution is 5.67. The maximum atomic E-state index is 12.9. The molecule has 3 rings (SSSR count). The molecule has 1 aromatic carbocycles. The van der Waals surface area contributed by atoms with Crippen LogP contribution in [0, 0.1) is 5.82 Å². The molecule has 0 saturated carbocycles. The quantitative estimate of drug-likeness (QED) is 0.791. The molecule has 6 heteroatoms. The van der Waals surface area contributed by atoms with E-state index in [1.165, 1.54) is 24.3 Å². The lowest BCUT2D eigenvalue weighted by molar-refractivity contribution is 0.385. The number of nitrogens with one attached hydrogen (secondary N) is 2. The van der Waals surface area contributed by atoms with Gasteiger partial charge in [0.1, 0.15) is 17.2 Å². The molecule has 1 fully saturated rings. The minimum Gasteiger partial charge on any atom is -0.493 e. The molecule has 5 nitrogen and oxygen atoms in total. The lowest BCUT2D eigenvalue weighted by Gasteiger charge is -2.22. The van der Waals surface area contributed by atoms with Crippen molar-refractivity contribution in [1.29, 1.82) is 0 Å². The maximum Gasteiger partial charge on any atom is 0.262 e.